The molecular formula is C26H28F3N. The Labute approximate surface area is 176 Å². The molecule has 0 N–H and O–H groups in total. The van der Waals surface area contributed by atoms with E-state index in [9.17, 15) is 13.2 Å². The summed E-state index contributed by atoms with van der Waals surface area (Å²) in [5.74, 6) is 0. The highest BCUT2D eigenvalue weighted by atomic mass is 19.4. The van der Waals surface area contributed by atoms with E-state index in [-0.39, 0.29) is 0 Å². The lowest BCUT2D eigenvalue weighted by molar-refractivity contribution is -0.137. The second-order valence-electron chi connectivity index (χ2n) is 8.28. The largest absolute Gasteiger partial charge is 0.416 e. The third-order valence-corrected chi connectivity index (χ3v) is 6.19. The maximum Gasteiger partial charge on any atom is 0.416 e. The average Bonchev–Trinajstić information content (AvgIpc) is 2.78. The lowest BCUT2D eigenvalue weighted by Gasteiger charge is -2.26. The minimum absolute atomic E-state index is 0.573. The normalized spacial score (nSPS) is 18.1. The molecule has 4 rings (SSSR count). The van der Waals surface area contributed by atoms with Gasteiger partial charge in [0.15, 0.2) is 0 Å². The molecule has 4 heteroatoms. The second kappa shape index (κ2) is 9.22. The Morgan fingerprint density at radius 1 is 0.833 bits per heavy atom. The first-order valence-electron chi connectivity index (χ1n) is 10.9. The highest BCUT2D eigenvalue weighted by molar-refractivity contribution is 5.67. The van der Waals surface area contributed by atoms with Crippen LogP contribution in [0.1, 0.15) is 54.4 Å². The van der Waals surface area contributed by atoms with Gasteiger partial charge in [0.05, 0.1) is 5.56 Å². The van der Waals surface area contributed by atoms with Gasteiger partial charge in [0.25, 0.3) is 0 Å². The summed E-state index contributed by atoms with van der Waals surface area (Å²) in [5, 5.41) is 0. The number of allylic oxidation sites excluding steroid dienone is 2. The third-order valence-electron chi connectivity index (χ3n) is 6.19. The monoisotopic (exact) mass is 411 g/mol. The zero-order valence-corrected chi connectivity index (χ0v) is 17.2. The number of halogens is 3. The summed E-state index contributed by atoms with van der Waals surface area (Å²) in [4.78, 5) is 2.37. The van der Waals surface area contributed by atoms with Crippen LogP contribution in [0.3, 0.4) is 0 Å². The molecule has 0 saturated heterocycles. The van der Waals surface area contributed by atoms with E-state index >= 15 is 0 Å². The highest BCUT2D eigenvalue weighted by Crippen LogP contribution is 2.32. The number of benzene rings is 2. The number of hydrogen-bond acceptors (Lipinski definition) is 1. The first kappa shape index (κ1) is 20.9. The van der Waals surface area contributed by atoms with Gasteiger partial charge in [-0.05, 0) is 78.5 Å². The van der Waals surface area contributed by atoms with E-state index in [0.29, 0.717) is 5.56 Å². The van der Waals surface area contributed by atoms with Crippen LogP contribution < -0.4 is 0 Å². The summed E-state index contributed by atoms with van der Waals surface area (Å²) in [6.45, 7) is 2.64. The van der Waals surface area contributed by atoms with Crippen LogP contribution in [0.15, 0.2) is 60.7 Å². The molecular weight excluding hydrogens is 383 g/mol. The minimum atomic E-state index is -4.29. The van der Waals surface area contributed by atoms with Crippen LogP contribution in [-0.2, 0) is 12.6 Å². The van der Waals surface area contributed by atoms with Gasteiger partial charge >= 0.3 is 6.18 Å². The summed E-state index contributed by atoms with van der Waals surface area (Å²) < 4.78 is 38.9. The first-order chi connectivity index (χ1) is 14.5. The molecule has 0 amide bonds. The molecule has 158 valence electrons. The van der Waals surface area contributed by atoms with E-state index in [1.165, 1.54) is 54.5 Å². The van der Waals surface area contributed by atoms with Crippen molar-refractivity contribution < 1.29 is 13.2 Å². The van der Waals surface area contributed by atoms with Crippen LogP contribution in [0.2, 0.25) is 0 Å². The molecule has 0 radical (unpaired) electrons. The van der Waals surface area contributed by atoms with Crippen LogP contribution in [0, 0.1) is 0 Å². The predicted octanol–water partition coefficient (Wildman–Crippen LogP) is 6.99. The van der Waals surface area contributed by atoms with Crippen molar-refractivity contribution in [3.05, 3.63) is 82.9 Å². The van der Waals surface area contributed by atoms with Gasteiger partial charge in [0.2, 0.25) is 0 Å². The molecule has 1 aliphatic carbocycles. The number of hydrogen-bond donors (Lipinski definition) is 0. The van der Waals surface area contributed by atoms with E-state index < -0.39 is 11.7 Å². The fourth-order valence-electron chi connectivity index (χ4n) is 4.34. The third kappa shape index (κ3) is 5.23. The topological polar surface area (TPSA) is 3.24 Å². The molecule has 0 aromatic heterocycles. The zero-order chi connectivity index (χ0) is 21.0. The Morgan fingerprint density at radius 3 is 2.30 bits per heavy atom. The van der Waals surface area contributed by atoms with Crippen LogP contribution in [0.25, 0.3) is 11.1 Å². The molecule has 0 bridgehead atoms. The fourth-order valence-corrected chi connectivity index (χ4v) is 4.34. The Hall–Kier alpha value is -2.33. The van der Waals surface area contributed by atoms with Gasteiger partial charge in [0.1, 0.15) is 0 Å². The average molecular weight is 412 g/mol. The standard InChI is InChI=1S/C26H28F3N/c27-26(28,29)25-8-4-7-24(19-25)23-14-17-30(18-15-23)16-13-20-9-11-22(12-10-20)21-5-2-1-3-6-21/h4-5,7-12,14,19H,1-3,6,13,15-18H2. The molecule has 2 aromatic carbocycles. The quantitative estimate of drug-likeness (QED) is 0.512. The molecule has 30 heavy (non-hydrogen) atoms. The van der Waals surface area contributed by atoms with E-state index in [2.05, 4.69) is 41.3 Å². The smallest absolute Gasteiger partial charge is 0.299 e. The Kier molecular flexibility index (Phi) is 6.43. The van der Waals surface area contributed by atoms with Crippen molar-refractivity contribution in [2.75, 3.05) is 19.6 Å². The lowest BCUT2D eigenvalue weighted by Crippen LogP contribution is -2.30. The molecule has 1 nitrogen and oxygen atoms in total. The number of nitrogens with zero attached hydrogens (tertiary/aromatic N) is 1. The first-order valence-corrected chi connectivity index (χ1v) is 10.9. The van der Waals surface area contributed by atoms with Gasteiger partial charge in [-0.25, -0.2) is 0 Å². The van der Waals surface area contributed by atoms with Crippen molar-refractivity contribution in [2.24, 2.45) is 0 Å². The molecule has 1 aliphatic heterocycles. The SMILES string of the molecule is FC(F)(F)c1cccc(C2=CCN(CCc3ccc(C4=CCCCC4)cc3)CC2)c1. The summed E-state index contributed by atoms with van der Waals surface area (Å²) >= 11 is 0. The van der Waals surface area contributed by atoms with Crippen LogP contribution >= 0.6 is 0 Å². The summed E-state index contributed by atoms with van der Waals surface area (Å²) in [6, 6.07) is 14.6. The summed E-state index contributed by atoms with van der Waals surface area (Å²) in [7, 11) is 0. The van der Waals surface area contributed by atoms with E-state index in [1.54, 1.807) is 6.07 Å². The van der Waals surface area contributed by atoms with Gasteiger partial charge in [-0.15, -0.1) is 0 Å². The van der Waals surface area contributed by atoms with Gasteiger partial charge < -0.3 is 0 Å². The molecule has 0 spiro atoms. The van der Waals surface area contributed by atoms with Crippen LogP contribution in [-0.4, -0.2) is 24.5 Å². The van der Waals surface area contributed by atoms with Gasteiger partial charge in [-0.3, -0.25) is 4.90 Å². The lowest BCUT2D eigenvalue weighted by atomic mass is 9.93. The van der Waals surface area contributed by atoms with Crippen molar-refractivity contribution in [3.63, 3.8) is 0 Å². The molecule has 0 atom stereocenters. The van der Waals surface area contributed by atoms with E-state index in [4.69, 9.17) is 0 Å². The molecule has 1 heterocycles. The maximum atomic E-state index is 13.0. The van der Waals surface area contributed by atoms with Crippen molar-refractivity contribution in [1.82, 2.24) is 4.90 Å². The zero-order valence-electron chi connectivity index (χ0n) is 17.2. The van der Waals surface area contributed by atoms with Gasteiger partial charge in [0, 0.05) is 19.6 Å². The molecule has 0 fully saturated rings. The van der Waals surface area contributed by atoms with Crippen molar-refractivity contribution >= 4 is 11.1 Å². The van der Waals surface area contributed by atoms with E-state index in [0.717, 1.165) is 44.1 Å². The second-order valence-corrected chi connectivity index (χ2v) is 8.28. The Balaban J connectivity index is 1.31. The Bertz CT molecular complexity index is 922. The van der Waals surface area contributed by atoms with Crippen LogP contribution in [0.4, 0.5) is 13.2 Å². The molecule has 2 aliphatic rings. The summed E-state index contributed by atoms with van der Waals surface area (Å²) in [6.07, 6.45) is 6.93. The number of rotatable bonds is 5. The van der Waals surface area contributed by atoms with Crippen molar-refractivity contribution in [2.45, 2.75) is 44.7 Å². The van der Waals surface area contributed by atoms with Gasteiger partial charge in [-0.1, -0.05) is 48.6 Å². The molecule has 0 saturated carbocycles. The number of alkyl halides is 3. The van der Waals surface area contributed by atoms with Gasteiger partial charge in [-0.2, -0.15) is 13.2 Å². The highest BCUT2D eigenvalue weighted by Gasteiger charge is 2.30. The minimum Gasteiger partial charge on any atom is -0.299 e. The fraction of sp³-hybridized carbons (Fsp3) is 0.385. The van der Waals surface area contributed by atoms with Crippen molar-refractivity contribution in [3.8, 4) is 0 Å². The van der Waals surface area contributed by atoms with Crippen LogP contribution in [0.5, 0.6) is 0 Å². The predicted molar refractivity (Wildman–Crippen MR) is 117 cm³/mol. The van der Waals surface area contributed by atoms with Crippen molar-refractivity contribution in [1.29, 1.82) is 0 Å². The molecule has 0 unspecified atom stereocenters. The van der Waals surface area contributed by atoms with E-state index in [1.807, 2.05) is 0 Å². The molecule has 2 aromatic rings. The summed E-state index contributed by atoms with van der Waals surface area (Å²) in [5.41, 5.74) is 5.30. The Morgan fingerprint density at radius 2 is 1.63 bits per heavy atom. The maximum absolute atomic E-state index is 13.0.